The average Bonchev–Trinajstić information content (AvgIpc) is 2.76. The van der Waals surface area contributed by atoms with Crippen molar-refractivity contribution in [1.82, 2.24) is 9.97 Å². The summed E-state index contributed by atoms with van der Waals surface area (Å²) >= 11 is 5.41. The maximum absolute atomic E-state index is 4.51. The maximum atomic E-state index is 4.51. The number of thioether (sulfide) groups is 1. The molecule has 0 saturated heterocycles. The van der Waals surface area contributed by atoms with Crippen LogP contribution in [0.4, 0.5) is 5.82 Å². The second-order valence-electron chi connectivity index (χ2n) is 4.36. The Morgan fingerprint density at radius 3 is 2.94 bits per heavy atom. The zero-order valence-corrected chi connectivity index (χ0v) is 12.6. The molecule has 17 heavy (non-hydrogen) atoms. The molecule has 0 aliphatic heterocycles. The first-order chi connectivity index (χ1) is 8.21. The van der Waals surface area contributed by atoms with Gasteiger partial charge in [-0.1, -0.05) is 6.92 Å². The smallest absolute Gasteiger partial charge is 0.131 e. The van der Waals surface area contributed by atoms with Crippen LogP contribution in [-0.2, 0) is 6.42 Å². The van der Waals surface area contributed by atoms with E-state index in [4.69, 9.17) is 0 Å². The second kappa shape index (κ2) is 6.05. The highest BCUT2D eigenvalue weighted by Gasteiger charge is 2.24. The van der Waals surface area contributed by atoms with Gasteiger partial charge in [0.25, 0.3) is 0 Å². The van der Waals surface area contributed by atoms with Crippen LogP contribution in [-0.4, -0.2) is 27.5 Å². The molecule has 1 fully saturated rings. The van der Waals surface area contributed by atoms with E-state index >= 15 is 0 Å². The molecule has 1 aliphatic rings. The number of hydrogen-bond acceptors (Lipinski definition) is 4. The van der Waals surface area contributed by atoms with Crippen LogP contribution >= 0.6 is 27.7 Å². The summed E-state index contributed by atoms with van der Waals surface area (Å²) in [5.41, 5.74) is 0. The number of aryl methyl sites for hydroxylation is 1. The standard InChI is InChI=1S/C12H18BrN3S/c1-3-11-15-10(13)7-12(16-11)14-8-4-5-9(6-8)17-2/h7-9H,3-6H2,1-2H3,(H,14,15,16). The van der Waals surface area contributed by atoms with Gasteiger partial charge in [0.2, 0.25) is 0 Å². The van der Waals surface area contributed by atoms with Gasteiger partial charge in [0.1, 0.15) is 16.2 Å². The Bertz CT molecular complexity index is 386. The normalized spacial score (nSPS) is 23.9. The van der Waals surface area contributed by atoms with Crippen LogP contribution in [0.25, 0.3) is 0 Å². The van der Waals surface area contributed by atoms with E-state index < -0.39 is 0 Å². The summed E-state index contributed by atoms with van der Waals surface area (Å²) in [5.74, 6) is 1.84. The molecule has 2 unspecified atom stereocenters. The Morgan fingerprint density at radius 1 is 1.47 bits per heavy atom. The van der Waals surface area contributed by atoms with Crippen molar-refractivity contribution >= 4 is 33.5 Å². The summed E-state index contributed by atoms with van der Waals surface area (Å²) in [6, 6.07) is 2.53. The lowest BCUT2D eigenvalue weighted by atomic mass is 10.2. The topological polar surface area (TPSA) is 37.8 Å². The summed E-state index contributed by atoms with van der Waals surface area (Å²) in [5, 5.41) is 4.33. The fourth-order valence-electron chi connectivity index (χ4n) is 2.19. The first kappa shape index (κ1) is 13.1. The number of halogens is 1. The highest BCUT2D eigenvalue weighted by atomic mass is 79.9. The van der Waals surface area contributed by atoms with Crippen LogP contribution < -0.4 is 5.32 Å². The van der Waals surface area contributed by atoms with Gasteiger partial charge in [-0.05, 0) is 41.4 Å². The first-order valence-electron chi connectivity index (χ1n) is 6.04. The van der Waals surface area contributed by atoms with Gasteiger partial charge >= 0.3 is 0 Å². The summed E-state index contributed by atoms with van der Waals surface area (Å²) < 4.78 is 0.867. The Balaban J connectivity index is 2.01. The molecule has 5 heteroatoms. The van der Waals surface area contributed by atoms with Gasteiger partial charge in [-0.25, -0.2) is 9.97 Å². The molecule has 1 aliphatic carbocycles. The molecule has 94 valence electrons. The van der Waals surface area contributed by atoms with Crippen molar-refractivity contribution in [2.75, 3.05) is 11.6 Å². The third-order valence-corrected chi connectivity index (χ3v) is 4.63. The Hall–Kier alpha value is -0.290. The van der Waals surface area contributed by atoms with E-state index in [9.17, 15) is 0 Å². The molecule has 1 N–H and O–H groups in total. The molecule has 2 atom stereocenters. The average molecular weight is 316 g/mol. The zero-order valence-electron chi connectivity index (χ0n) is 10.2. The molecular weight excluding hydrogens is 298 g/mol. The van der Waals surface area contributed by atoms with Crippen LogP contribution in [0.1, 0.15) is 32.0 Å². The molecule has 0 radical (unpaired) electrons. The number of rotatable bonds is 4. The van der Waals surface area contributed by atoms with Crippen LogP contribution in [0.5, 0.6) is 0 Å². The van der Waals surface area contributed by atoms with Crippen LogP contribution in [0.15, 0.2) is 10.7 Å². The first-order valence-corrected chi connectivity index (χ1v) is 8.12. The lowest BCUT2D eigenvalue weighted by Gasteiger charge is -2.14. The number of hydrogen-bond donors (Lipinski definition) is 1. The Morgan fingerprint density at radius 2 is 2.29 bits per heavy atom. The lowest BCUT2D eigenvalue weighted by Crippen LogP contribution is -2.17. The molecule has 0 amide bonds. The molecule has 1 aromatic rings. The van der Waals surface area contributed by atoms with E-state index in [0.29, 0.717) is 6.04 Å². The van der Waals surface area contributed by atoms with Crippen molar-refractivity contribution in [3.05, 3.63) is 16.5 Å². The van der Waals surface area contributed by atoms with E-state index in [0.717, 1.165) is 27.9 Å². The highest BCUT2D eigenvalue weighted by Crippen LogP contribution is 2.30. The number of anilines is 1. The number of aromatic nitrogens is 2. The summed E-state index contributed by atoms with van der Waals surface area (Å²) in [4.78, 5) is 8.83. The van der Waals surface area contributed by atoms with Crippen molar-refractivity contribution in [1.29, 1.82) is 0 Å². The Labute approximate surface area is 115 Å². The minimum absolute atomic E-state index is 0.568. The summed E-state index contributed by atoms with van der Waals surface area (Å²) in [6.07, 6.45) is 6.86. The van der Waals surface area contributed by atoms with E-state index in [1.165, 1.54) is 19.3 Å². The van der Waals surface area contributed by atoms with Crippen molar-refractivity contribution in [3.8, 4) is 0 Å². The molecule has 0 bridgehead atoms. The molecular formula is C12H18BrN3S. The highest BCUT2D eigenvalue weighted by molar-refractivity contribution is 9.10. The van der Waals surface area contributed by atoms with Crippen molar-refractivity contribution in [3.63, 3.8) is 0 Å². The van der Waals surface area contributed by atoms with Gasteiger partial charge in [0.15, 0.2) is 0 Å². The van der Waals surface area contributed by atoms with Crippen molar-refractivity contribution in [2.24, 2.45) is 0 Å². The predicted octanol–water partition coefficient (Wildman–Crippen LogP) is 3.50. The molecule has 0 spiro atoms. The number of nitrogens with one attached hydrogen (secondary N) is 1. The SMILES string of the molecule is CCc1nc(Br)cc(NC2CCC(SC)C2)n1. The van der Waals surface area contributed by atoms with Crippen LogP contribution in [0, 0.1) is 0 Å². The summed E-state index contributed by atoms with van der Waals surface area (Å²) in [6.45, 7) is 2.07. The molecule has 2 rings (SSSR count). The van der Waals surface area contributed by atoms with E-state index in [1.807, 2.05) is 17.8 Å². The van der Waals surface area contributed by atoms with Gasteiger partial charge in [0, 0.05) is 23.8 Å². The van der Waals surface area contributed by atoms with Gasteiger partial charge in [-0.15, -0.1) is 0 Å². The lowest BCUT2D eigenvalue weighted by molar-refractivity contribution is 0.748. The molecule has 1 saturated carbocycles. The van der Waals surface area contributed by atoms with Gasteiger partial charge < -0.3 is 5.32 Å². The fraction of sp³-hybridized carbons (Fsp3) is 0.667. The largest absolute Gasteiger partial charge is 0.367 e. The summed E-state index contributed by atoms with van der Waals surface area (Å²) in [7, 11) is 0. The molecule has 3 nitrogen and oxygen atoms in total. The molecule has 0 aromatic carbocycles. The van der Waals surface area contributed by atoms with Gasteiger partial charge in [-0.3, -0.25) is 0 Å². The van der Waals surface area contributed by atoms with E-state index in [-0.39, 0.29) is 0 Å². The quantitative estimate of drug-likeness (QED) is 0.863. The third-order valence-electron chi connectivity index (χ3n) is 3.13. The third kappa shape index (κ3) is 3.58. The molecule has 1 heterocycles. The minimum atomic E-state index is 0.568. The van der Waals surface area contributed by atoms with Crippen molar-refractivity contribution < 1.29 is 0 Å². The number of nitrogens with zero attached hydrogens (tertiary/aromatic N) is 2. The van der Waals surface area contributed by atoms with Crippen LogP contribution in [0.2, 0.25) is 0 Å². The van der Waals surface area contributed by atoms with Gasteiger partial charge in [0.05, 0.1) is 0 Å². The van der Waals surface area contributed by atoms with E-state index in [2.05, 4.69) is 44.4 Å². The minimum Gasteiger partial charge on any atom is -0.367 e. The Kier molecular flexibility index (Phi) is 4.68. The predicted molar refractivity (Wildman–Crippen MR) is 77.7 cm³/mol. The van der Waals surface area contributed by atoms with Gasteiger partial charge in [-0.2, -0.15) is 11.8 Å². The zero-order chi connectivity index (χ0) is 12.3. The van der Waals surface area contributed by atoms with E-state index in [1.54, 1.807) is 0 Å². The molecule has 1 aromatic heterocycles. The van der Waals surface area contributed by atoms with Crippen molar-refractivity contribution in [2.45, 2.75) is 43.9 Å². The monoisotopic (exact) mass is 315 g/mol. The maximum Gasteiger partial charge on any atom is 0.131 e. The van der Waals surface area contributed by atoms with Crippen LogP contribution in [0.3, 0.4) is 0 Å². The second-order valence-corrected chi connectivity index (χ2v) is 6.31. The fourth-order valence-corrected chi connectivity index (χ4v) is 3.41.